The molecule has 0 radical (unpaired) electrons. The lowest BCUT2D eigenvalue weighted by atomic mass is 9.57. The van der Waals surface area contributed by atoms with E-state index < -0.39 is 0 Å². The number of ether oxygens (including phenoxy) is 1. The minimum atomic E-state index is -0.316. The van der Waals surface area contributed by atoms with E-state index in [0.29, 0.717) is 10.8 Å². The molecule has 3 heteroatoms. The Kier molecular flexibility index (Phi) is 3.85. The summed E-state index contributed by atoms with van der Waals surface area (Å²) in [7, 11) is 1.64. The largest absolute Gasteiger partial charge is 0.495 e. The van der Waals surface area contributed by atoms with Gasteiger partial charge in [0.2, 0.25) is 0 Å². The molecule has 2 rings (SSSR count). The second kappa shape index (κ2) is 4.92. The van der Waals surface area contributed by atoms with Gasteiger partial charge in [-0.3, -0.25) is 0 Å². The van der Waals surface area contributed by atoms with Crippen LogP contribution in [0.4, 0.5) is 0 Å². The Morgan fingerprint density at radius 2 is 1.60 bits per heavy atom. The molecule has 0 aromatic heterocycles. The van der Waals surface area contributed by atoms with Crippen molar-refractivity contribution < 1.29 is 4.74 Å². The SMILES string of the molecule is COc1cc(C2(N)CC(C)(C)CC(C)(C)C2)ccc1Cl. The normalized spacial score (nSPS) is 23.4. The molecule has 1 fully saturated rings. The number of rotatable bonds is 2. The van der Waals surface area contributed by atoms with Crippen LogP contribution in [0.3, 0.4) is 0 Å². The topological polar surface area (TPSA) is 35.2 Å². The summed E-state index contributed by atoms with van der Waals surface area (Å²) in [4.78, 5) is 0. The van der Waals surface area contributed by atoms with E-state index >= 15 is 0 Å². The van der Waals surface area contributed by atoms with Crippen LogP contribution in [0.15, 0.2) is 18.2 Å². The van der Waals surface area contributed by atoms with Gasteiger partial charge in [-0.15, -0.1) is 0 Å². The zero-order chi connectivity index (χ0) is 15.2. The Morgan fingerprint density at radius 1 is 1.05 bits per heavy atom. The molecule has 1 aliphatic rings. The number of benzene rings is 1. The molecule has 0 unspecified atom stereocenters. The number of hydrogen-bond acceptors (Lipinski definition) is 2. The third kappa shape index (κ3) is 3.12. The van der Waals surface area contributed by atoms with E-state index in [4.69, 9.17) is 22.1 Å². The van der Waals surface area contributed by atoms with Crippen LogP contribution in [0.2, 0.25) is 5.02 Å². The van der Waals surface area contributed by atoms with Crippen LogP contribution in [0, 0.1) is 10.8 Å². The predicted molar refractivity (Wildman–Crippen MR) is 85.3 cm³/mol. The van der Waals surface area contributed by atoms with Gasteiger partial charge in [0.05, 0.1) is 12.1 Å². The van der Waals surface area contributed by atoms with Crippen LogP contribution < -0.4 is 10.5 Å². The van der Waals surface area contributed by atoms with Gasteiger partial charge in [0.15, 0.2) is 0 Å². The summed E-state index contributed by atoms with van der Waals surface area (Å²) in [5.74, 6) is 0.704. The van der Waals surface area contributed by atoms with E-state index in [9.17, 15) is 0 Å². The Morgan fingerprint density at radius 3 is 2.10 bits per heavy atom. The monoisotopic (exact) mass is 295 g/mol. The molecule has 0 amide bonds. The lowest BCUT2D eigenvalue weighted by molar-refractivity contribution is 0.0469. The highest BCUT2D eigenvalue weighted by Crippen LogP contribution is 2.53. The maximum absolute atomic E-state index is 6.81. The molecule has 1 aromatic carbocycles. The Labute approximate surface area is 127 Å². The van der Waals surface area contributed by atoms with Crippen molar-refractivity contribution in [1.29, 1.82) is 0 Å². The van der Waals surface area contributed by atoms with E-state index in [0.717, 1.165) is 18.4 Å². The Hall–Kier alpha value is -0.730. The quantitative estimate of drug-likeness (QED) is 0.855. The first kappa shape index (κ1) is 15.7. The second-order valence-electron chi connectivity index (χ2n) is 7.86. The van der Waals surface area contributed by atoms with Crippen LogP contribution in [0.1, 0.15) is 52.5 Å². The molecular formula is C17H26ClNO. The van der Waals surface area contributed by atoms with E-state index in [-0.39, 0.29) is 16.4 Å². The van der Waals surface area contributed by atoms with Crippen molar-refractivity contribution in [3.8, 4) is 5.75 Å². The highest BCUT2D eigenvalue weighted by Gasteiger charge is 2.46. The van der Waals surface area contributed by atoms with E-state index in [1.165, 1.54) is 6.42 Å². The third-order valence-electron chi connectivity index (χ3n) is 4.27. The summed E-state index contributed by atoms with van der Waals surface area (Å²) < 4.78 is 5.34. The molecule has 0 heterocycles. The van der Waals surface area contributed by atoms with Gasteiger partial charge >= 0.3 is 0 Å². The lowest BCUT2D eigenvalue weighted by Crippen LogP contribution is -2.49. The molecule has 1 saturated carbocycles. The van der Waals surface area contributed by atoms with Crippen molar-refractivity contribution in [3.05, 3.63) is 28.8 Å². The first-order valence-corrected chi connectivity index (χ1v) is 7.58. The summed E-state index contributed by atoms with van der Waals surface area (Å²) in [5, 5.41) is 0.633. The highest BCUT2D eigenvalue weighted by molar-refractivity contribution is 6.32. The van der Waals surface area contributed by atoms with Gasteiger partial charge < -0.3 is 10.5 Å². The van der Waals surface area contributed by atoms with Crippen LogP contribution >= 0.6 is 11.6 Å². The molecule has 20 heavy (non-hydrogen) atoms. The summed E-state index contributed by atoms with van der Waals surface area (Å²) >= 11 is 6.13. The fourth-order valence-corrected chi connectivity index (χ4v) is 4.56. The average molecular weight is 296 g/mol. The first-order chi connectivity index (χ1) is 9.07. The molecule has 0 aliphatic heterocycles. The van der Waals surface area contributed by atoms with Crippen LogP contribution in [0.25, 0.3) is 0 Å². The number of nitrogens with two attached hydrogens (primary N) is 1. The van der Waals surface area contributed by atoms with Crippen LogP contribution in [0.5, 0.6) is 5.75 Å². The zero-order valence-corrected chi connectivity index (χ0v) is 14.0. The number of halogens is 1. The molecule has 1 aliphatic carbocycles. The summed E-state index contributed by atoms with van der Waals surface area (Å²) in [5.41, 5.74) is 8.09. The molecule has 0 atom stereocenters. The van der Waals surface area contributed by atoms with Gasteiger partial charge in [0, 0.05) is 5.54 Å². The summed E-state index contributed by atoms with van der Waals surface area (Å²) in [6.45, 7) is 9.23. The first-order valence-electron chi connectivity index (χ1n) is 7.20. The molecule has 112 valence electrons. The van der Waals surface area contributed by atoms with Crippen molar-refractivity contribution in [1.82, 2.24) is 0 Å². The van der Waals surface area contributed by atoms with Gasteiger partial charge in [-0.1, -0.05) is 45.4 Å². The zero-order valence-electron chi connectivity index (χ0n) is 13.2. The van der Waals surface area contributed by atoms with Gasteiger partial charge in [-0.2, -0.15) is 0 Å². The maximum atomic E-state index is 6.81. The Bertz CT molecular complexity index is 492. The summed E-state index contributed by atoms with van der Waals surface area (Å²) in [6.07, 6.45) is 3.16. The van der Waals surface area contributed by atoms with Crippen molar-refractivity contribution in [2.24, 2.45) is 16.6 Å². The van der Waals surface area contributed by atoms with Gasteiger partial charge in [-0.05, 0) is 47.8 Å². The van der Waals surface area contributed by atoms with Crippen LogP contribution in [-0.2, 0) is 5.54 Å². The molecule has 2 nitrogen and oxygen atoms in total. The van der Waals surface area contributed by atoms with Crippen molar-refractivity contribution >= 4 is 11.6 Å². The van der Waals surface area contributed by atoms with Gasteiger partial charge in [-0.25, -0.2) is 0 Å². The molecular weight excluding hydrogens is 270 g/mol. The molecule has 2 N–H and O–H groups in total. The Balaban J connectivity index is 2.43. The van der Waals surface area contributed by atoms with E-state index in [2.05, 4.69) is 27.7 Å². The van der Waals surface area contributed by atoms with Crippen molar-refractivity contribution in [2.45, 2.75) is 52.5 Å². The third-order valence-corrected chi connectivity index (χ3v) is 4.58. The fourth-order valence-electron chi connectivity index (χ4n) is 4.36. The van der Waals surface area contributed by atoms with Crippen LogP contribution in [-0.4, -0.2) is 7.11 Å². The molecule has 0 spiro atoms. The lowest BCUT2D eigenvalue weighted by Gasteiger charge is -2.50. The summed E-state index contributed by atoms with van der Waals surface area (Å²) in [6, 6.07) is 5.93. The standard InChI is InChI=1S/C17H26ClNO/c1-15(2)9-16(3,4)11-17(19,10-15)12-6-7-13(18)14(8-12)20-5/h6-8H,9-11,19H2,1-5H3. The average Bonchev–Trinajstić information content (AvgIpc) is 2.24. The molecule has 0 bridgehead atoms. The van der Waals surface area contributed by atoms with E-state index in [1.807, 2.05) is 18.2 Å². The second-order valence-corrected chi connectivity index (χ2v) is 8.27. The fraction of sp³-hybridized carbons (Fsp3) is 0.647. The minimum absolute atomic E-state index is 0.239. The van der Waals surface area contributed by atoms with Crippen molar-refractivity contribution in [2.75, 3.05) is 7.11 Å². The highest BCUT2D eigenvalue weighted by atomic mass is 35.5. The van der Waals surface area contributed by atoms with Gasteiger partial charge in [0.1, 0.15) is 5.75 Å². The molecule has 1 aromatic rings. The number of hydrogen-bond donors (Lipinski definition) is 1. The predicted octanol–water partition coefficient (Wildman–Crippen LogP) is 4.74. The minimum Gasteiger partial charge on any atom is -0.495 e. The maximum Gasteiger partial charge on any atom is 0.137 e. The number of methoxy groups -OCH3 is 1. The molecule has 0 saturated heterocycles. The van der Waals surface area contributed by atoms with Gasteiger partial charge in [0.25, 0.3) is 0 Å². The van der Waals surface area contributed by atoms with Crippen molar-refractivity contribution in [3.63, 3.8) is 0 Å². The smallest absolute Gasteiger partial charge is 0.137 e. The van der Waals surface area contributed by atoms with E-state index in [1.54, 1.807) is 7.11 Å².